The molecule has 2 unspecified atom stereocenters. The summed E-state index contributed by atoms with van der Waals surface area (Å²) >= 11 is 5.18. The fourth-order valence-electron chi connectivity index (χ4n) is 0.948. The van der Waals surface area contributed by atoms with E-state index in [0.29, 0.717) is 5.25 Å². The average molecular weight is 275 g/mol. The van der Waals surface area contributed by atoms with E-state index in [2.05, 4.69) is 28.1 Å². The minimum atomic E-state index is -0.240. The highest BCUT2D eigenvalue weighted by molar-refractivity contribution is 9.10. The zero-order chi connectivity index (χ0) is 10.6. The Morgan fingerprint density at radius 2 is 1.86 bits per heavy atom. The van der Waals surface area contributed by atoms with Crippen molar-refractivity contribution >= 4 is 27.7 Å². The molecule has 1 rings (SSSR count). The molecule has 1 nitrogen and oxygen atoms in total. The van der Waals surface area contributed by atoms with Crippen LogP contribution >= 0.6 is 27.7 Å². The third-order valence-corrected chi connectivity index (χ3v) is 4.05. The number of aliphatic hydroxyl groups is 1. The summed E-state index contributed by atoms with van der Waals surface area (Å²) < 4.78 is 1.11. The van der Waals surface area contributed by atoms with E-state index in [4.69, 9.17) is 0 Å². The second-order valence-corrected chi connectivity index (χ2v) is 5.66. The van der Waals surface area contributed by atoms with Gasteiger partial charge in [0.25, 0.3) is 0 Å². The third kappa shape index (κ3) is 4.03. The van der Waals surface area contributed by atoms with Crippen LogP contribution in [0.4, 0.5) is 0 Å². The average Bonchev–Trinajstić information content (AvgIpc) is 2.16. The predicted octanol–water partition coefficient (Wildman–Crippen LogP) is 3.45. The Bertz CT molecular complexity index is 271. The summed E-state index contributed by atoms with van der Waals surface area (Å²) in [6.07, 6.45) is -0.240. The molecule has 0 amide bonds. The Kier molecular flexibility index (Phi) is 4.99. The largest absolute Gasteiger partial charge is 0.392 e. The monoisotopic (exact) mass is 274 g/mol. The predicted molar refractivity (Wildman–Crippen MR) is 66.6 cm³/mol. The summed E-state index contributed by atoms with van der Waals surface area (Å²) in [5.74, 6) is 0.958. The molecule has 0 fully saturated rings. The Balaban J connectivity index is 2.42. The lowest BCUT2D eigenvalue weighted by Gasteiger charge is -2.13. The van der Waals surface area contributed by atoms with Gasteiger partial charge in [-0.1, -0.05) is 35.0 Å². The van der Waals surface area contributed by atoms with E-state index in [0.717, 1.165) is 10.2 Å². The van der Waals surface area contributed by atoms with Crippen molar-refractivity contribution in [3.63, 3.8) is 0 Å². The van der Waals surface area contributed by atoms with Gasteiger partial charge in [0.15, 0.2) is 0 Å². The van der Waals surface area contributed by atoms with Crippen molar-refractivity contribution < 1.29 is 5.11 Å². The normalized spacial score (nSPS) is 15.1. The number of halogens is 1. The van der Waals surface area contributed by atoms with Crippen LogP contribution in [-0.4, -0.2) is 16.5 Å². The molecule has 0 aliphatic rings. The van der Waals surface area contributed by atoms with E-state index >= 15 is 0 Å². The molecule has 0 aliphatic heterocycles. The Morgan fingerprint density at radius 1 is 1.29 bits per heavy atom. The van der Waals surface area contributed by atoms with Crippen LogP contribution in [0, 0.1) is 0 Å². The first kappa shape index (κ1) is 12.1. The molecule has 0 radical (unpaired) electrons. The van der Waals surface area contributed by atoms with Gasteiger partial charge in [-0.3, -0.25) is 0 Å². The minimum absolute atomic E-state index is 0.240. The van der Waals surface area contributed by atoms with Crippen LogP contribution < -0.4 is 0 Å². The molecule has 2 atom stereocenters. The number of hydrogen-bond acceptors (Lipinski definition) is 2. The van der Waals surface area contributed by atoms with E-state index in [9.17, 15) is 5.11 Å². The SMILES string of the molecule is CC(O)C(C)SCc1ccc(Br)cc1. The maximum atomic E-state index is 9.31. The number of benzene rings is 1. The van der Waals surface area contributed by atoms with E-state index < -0.39 is 0 Å². The number of hydrogen-bond donors (Lipinski definition) is 1. The molecule has 1 N–H and O–H groups in total. The van der Waals surface area contributed by atoms with Crippen LogP contribution in [0.3, 0.4) is 0 Å². The van der Waals surface area contributed by atoms with Gasteiger partial charge in [-0.05, 0) is 24.6 Å². The Hall–Kier alpha value is 0.01000. The fourth-order valence-corrected chi connectivity index (χ4v) is 2.14. The maximum absolute atomic E-state index is 9.31. The molecular weight excluding hydrogens is 260 g/mol. The van der Waals surface area contributed by atoms with Crippen LogP contribution in [0.5, 0.6) is 0 Å². The van der Waals surface area contributed by atoms with E-state index in [1.807, 2.05) is 26.0 Å². The van der Waals surface area contributed by atoms with Gasteiger partial charge in [0.1, 0.15) is 0 Å². The molecular formula is C11H15BrOS. The minimum Gasteiger partial charge on any atom is -0.392 e. The van der Waals surface area contributed by atoms with Crippen LogP contribution in [0.15, 0.2) is 28.7 Å². The van der Waals surface area contributed by atoms with Crippen molar-refractivity contribution in [1.82, 2.24) is 0 Å². The van der Waals surface area contributed by atoms with Gasteiger partial charge in [0.05, 0.1) is 6.10 Å². The molecule has 0 spiro atoms. The molecule has 0 heterocycles. The smallest absolute Gasteiger partial charge is 0.0628 e. The molecule has 3 heteroatoms. The lowest BCUT2D eigenvalue weighted by Crippen LogP contribution is -2.15. The molecule has 0 saturated carbocycles. The molecule has 0 bridgehead atoms. The zero-order valence-electron chi connectivity index (χ0n) is 8.40. The van der Waals surface area contributed by atoms with Crippen molar-refractivity contribution in [2.75, 3.05) is 0 Å². The van der Waals surface area contributed by atoms with Crippen molar-refractivity contribution in [3.05, 3.63) is 34.3 Å². The van der Waals surface area contributed by atoms with Gasteiger partial charge in [-0.25, -0.2) is 0 Å². The second kappa shape index (κ2) is 5.79. The summed E-state index contributed by atoms with van der Waals surface area (Å²) in [7, 11) is 0. The van der Waals surface area contributed by atoms with Crippen LogP contribution in [-0.2, 0) is 5.75 Å². The highest BCUT2D eigenvalue weighted by Crippen LogP contribution is 2.21. The maximum Gasteiger partial charge on any atom is 0.0628 e. The lowest BCUT2D eigenvalue weighted by atomic mass is 10.2. The Morgan fingerprint density at radius 3 is 2.36 bits per heavy atom. The van der Waals surface area contributed by atoms with E-state index in [1.165, 1.54) is 5.56 Å². The summed E-state index contributed by atoms with van der Waals surface area (Å²) in [6, 6.07) is 8.30. The summed E-state index contributed by atoms with van der Waals surface area (Å²) in [6.45, 7) is 3.88. The van der Waals surface area contributed by atoms with Crippen molar-refractivity contribution in [3.8, 4) is 0 Å². The summed E-state index contributed by atoms with van der Waals surface area (Å²) in [5, 5.41) is 9.61. The van der Waals surface area contributed by atoms with Gasteiger partial charge >= 0.3 is 0 Å². The van der Waals surface area contributed by atoms with Gasteiger partial charge in [0.2, 0.25) is 0 Å². The highest BCUT2D eigenvalue weighted by atomic mass is 79.9. The van der Waals surface area contributed by atoms with Crippen LogP contribution in [0.2, 0.25) is 0 Å². The number of rotatable bonds is 4. The third-order valence-electron chi connectivity index (χ3n) is 2.11. The van der Waals surface area contributed by atoms with Gasteiger partial charge in [0, 0.05) is 15.5 Å². The van der Waals surface area contributed by atoms with Crippen LogP contribution in [0.25, 0.3) is 0 Å². The topological polar surface area (TPSA) is 20.2 Å². The first-order valence-corrected chi connectivity index (χ1v) is 6.48. The summed E-state index contributed by atoms with van der Waals surface area (Å²) in [4.78, 5) is 0. The number of thioether (sulfide) groups is 1. The van der Waals surface area contributed by atoms with Crippen molar-refractivity contribution in [2.24, 2.45) is 0 Å². The van der Waals surface area contributed by atoms with Crippen molar-refractivity contribution in [1.29, 1.82) is 0 Å². The van der Waals surface area contributed by atoms with Crippen molar-refractivity contribution in [2.45, 2.75) is 31.0 Å². The first-order valence-electron chi connectivity index (χ1n) is 4.63. The second-order valence-electron chi connectivity index (χ2n) is 3.38. The summed E-state index contributed by atoms with van der Waals surface area (Å²) in [5.41, 5.74) is 1.30. The van der Waals surface area contributed by atoms with E-state index in [1.54, 1.807) is 11.8 Å². The van der Waals surface area contributed by atoms with Gasteiger partial charge in [-0.15, -0.1) is 0 Å². The lowest BCUT2D eigenvalue weighted by molar-refractivity contribution is 0.196. The molecule has 0 aliphatic carbocycles. The molecule has 1 aromatic rings. The molecule has 14 heavy (non-hydrogen) atoms. The fraction of sp³-hybridized carbons (Fsp3) is 0.455. The van der Waals surface area contributed by atoms with Gasteiger partial charge < -0.3 is 5.11 Å². The quantitative estimate of drug-likeness (QED) is 0.908. The molecule has 1 aromatic carbocycles. The Labute approximate surface area is 98.0 Å². The standard InChI is InChI=1S/C11H15BrOS/c1-8(13)9(2)14-7-10-3-5-11(12)6-4-10/h3-6,8-9,13H,7H2,1-2H3. The molecule has 0 saturated heterocycles. The molecule has 0 aromatic heterocycles. The van der Waals surface area contributed by atoms with Crippen LogP contribution in [0.1, 0.15) is 19.4 Å². The first-order chi connectivity index (χ1) is 6.59. The van der Waals surface area contributed by atoms with Gasteiger partial charge in [-0.2, -0.15) is 11.8 Å². The zero-order valence-corrected chi connectivity index (χ0v) is 10.8. The molecule has 78 valence electrons. The van der Waals surface area contributed by atoms with E-state index in [-0.39, 0.29) is 6.10 Å². The number of aliphatic hydroxyl groups excluding tert-OH is 1. The highest BCUT2D eigenvalue weighted by Gasteiger charge is 2.08.